The lowest BCUT2D eigenvalue weighted by atomic mass is 10.1. The van der Waals surface area contributed by atoms with Crippen LogP contribution in [0.25, 0.3) is 11.3 Å². The molecule has 114 valence electrons. The zero-order chi connectivity index (χ0) is 16.1. The van der Waals surface area contributed by atoms with Crippen LogP contribution >= 0.6 is 0 Å². The first-order valence-corrected chi connectivity index (χ1v) is 7.32. The fourth-order valence-corrected chi connectivity index (χ4v) is 2.20. The van der Waals surface area contributed by atoms with Gasteiger partial charge in [-0.1, -0.05) is 36.4 Å². The predicted molar refractivity (Wildman–Crippen MR) is 87.6 cm³/mol. The van der Waals surface area contributed by atoms with Crippen LogP contribution in [0, 0.1) is 6.92 Å². The number of hydrogen-bond acceptors (Lipinski definition) is 4. The number of aromatic nitrogens is 3. The Bertz CT molecular complexity index is 804. The summed E-state index contributed by atoms with van der Waals surface area (Å²) in [4.78, 5) is 16.6. The minimum absolute atomic E-state index is 0.180. The van der Waals surface area contributed by atoms with Gasteiger partial charge >= 0.3 is 0 Å². The van der Waals surface area contributed by atoms with Crippen molar-refractivity contribution < 1.29 is 4.79 Å². The maximum atomic E-state index is 12.4. The molecule has 0 unspecified atom stereocenters. The average Bonchev–Trinajstić information content (AvgIpc) is 2.62. The van der Waals surface area contributed by atoms with E-state index in [9.17, 15) is 4.79 Å². The van der Waals surface area contributed by atoms with Crippen LogP contribution in [0.1, 0.15) is 21.7 Å². The molecular weight excluding hydrogens is 288 g/mol. The smallest absolute Gasteiger partial charge is 0.253 e. The Labute approximate surface area is 134 Å². The molecule has 3 rings (SSSR count). The molecule has 0 fully saturated rings. The summed E-state index contributed by atoms with van der Waals surface area (Å²) < 4.78 is 0. The second-order valence-corrected chi connectivity index (χ2v) is 5.10. The number of pyridine rings is 1. The fraction of sp³-hybridized carbons (Fsp3) is 0.111. The van der Waals surface area contributed by atoms with Gasteiger partial charge in [-0.2, -0.15) is 10.2 Å². The van der Waals surface area contributed by atoms with Gasteiger partial charge in [0.2, 0.25) is 0 Å². The summed E-state index contributed by atoms with van der Waals surface area (Å²) in [5, 5.41) is 11.1. The second kappa shape index (κ2) is 6.79. The highest BCUT2D eigenvalue weighted by Gasteiger charge is 2.13. The lowest BCUT2D eigenvalue weighted by Gasteiger charge is -2.08. The van der Waals surface area contributed by atoms with Crippen LogP contribution < -0.4 is 5.32 Å². The molecule has 0 radical (unpaired) electrons. The van der Waals surface area contributed by atoms with Crippen LogP contribution in [0.15, 0.2) is 60.8 Å². The van der Waals surface area contributed by atoms with Crippen LogP contribution in [0.2, 0.25) is 0 Å². The van der Waals surface area contributed by atoms with E-state index < -0.39 is 0 Å². The minimum Gasteiger partial charge on any atom is -0.346 e. The van der Waals surface area contributed by atoms with Gasteiger partial charge in [-0.25, -0.2) is 0 Å². The Hall–Kier alpha value is -3.08. The van der Waals surface area contributed by atoms with Crippen molar-refractivity contribution in [3.8, 4) is 11.3 Å². The van der Waals surface area contributed by atoms with E-state index >= 15 is 0 Å². The largest absolute Gasteiger partial charge is 0.346 e. The van der Waals surface area contributed by atoms with E-state index in [1.54, 1.807) is 19.2 Å². The van der Waals surface area contributed by atoms with Crippen molar-refractivity contribution in [1.29, 1.82) is 0 Å². The molecule has 0 bridgehead atoms. The third-order valence-corrected chi connectivity index (χ3v) is 3.45. The number of rotatable bonds is 4. The Balaban J connectivity index is 1.80. The minimum atomic E-state index is -0.180. The van der Waals surface area contributed by atoms with E-state index in [4.69, 9.17) is 0 Å². The van der Waals surface area contributed by atoms with E-state index in [0.29, 0.717) is 23.5 Å². The molecule has 0 spiro atoms. The van der Waals surface area contributed by atoms with E-state index in [1.807, 2.05) is 48.5 Å². The van der Waals surface area contributed by atoms with Gasteiger partial charge in [-0.3, -0.25) is 9.78 Å². The van der Waals surface area contributed by atoms with Gasteiger partial charge in [0.1, 0.15) is 0 Å². The van der Waals surface area contributed by atoms with E-state index in [1.165, 1.54) is 0 Å². The van der Waals surface area contributed by atoms with Crippen molar-refractivity contribution in [2.45, 2.75) is 13.5 Å². The number of aryl methyl sites for hydroxylation is 1. The molecule has 0 aliphatic carbocycles. The van der Waals surface area contributed by atoms with Crippen LogP contribution in [-0.2, 0) is 6.54 Å². The van der Waals surface area contributed by atoms with E-state index in [2.05, 4.69) is 20.5 Å². The van der Waals surface area contributed by atoms with Crippen molar-refractivity contribution in [3.63, 3.8) is 0 Å². The van der Waals surface area contributed by atoms with Gasteiger partial charge in [-0.05, 0) is 25.1 Å². The highest BCUT2D eigenvalue weighted by molar-refractivity contribution is 5.96. The Morgan fingerprint density at radius 1 is 1.04 bits per heavy atom. The number of carbonyl (C=O) groups excluding carboxylic acids is 1. The molecule has 0 atom stereocenters. The maximum absolute atomic E-state index is 12.4. The van der Waals surface area contributed by atoms with Crippen LogP contribution in [-0.4, -0.2) is 21.1 Å². The number of carbonyl (C=O) groups is 1. The zero-order valence-electron chi connectivity index (χ0n) is 12.7. The first kappa shape index (κ1) is 14.8. The van der Waals surface area contributed by atoms with Crippen molar-refractivity contribution in [3.05, 3.63) is 77.7 Å². The first-order chi connectivity index (χ1) is 11.2. The molecular formula is C18H16N4O. The molecule has 2 heterocycles. The first-order valence-electron chi connectivity index (χ1n) is 7.32. The fourth-order valence-electron chi connectivity index (χ4n) is 2.20. The number of nitrogens with one attached hydrogen (secondary N) is 1. The van der Waals surface area contributed by atoms with Gasteiger partial charge in [0.05, 0.1) is 29.2 Å². The van der Waals surface area contributed by atoms with Crippen molar-refractivity contribution in [1.82, 2.24) is 20.5 Å². The molecule has 0 aliphatic rings. The maximum Gasteiger partial charge on any atom is 0.253 e. The average molecular weight is 304 g/mol. The van der Waals surface area contributed by atoms with Gasteiger partial charge in [0, 0.05) is 11.8 Å². The summed E-state index contributed by atoms with van der Waals surface area (Å²) in [6.07, 6.45) is 1.70. The number of benzene rings is 1. The van der Waals surface area contributed by atoms with Gasteiger partial charge < -0.3 is 5.32 Å². The standard InChI is InChI=1S/C18H16N4O/c1-13-16(18(23)20-12-15-9-5-6-10-19-15)11-17(22-21-13)14-7-3-2-4-8-14/h2-11H,12H2,1H3,(H,20,23). The van der Waals surface area contributed by atoms with Crippen LogP contribution in [0.3, 0.4) is 0 Å². The summed E-state index contributed by atoms with van der Waals surface area (Å²) in [5.41, 5.74) is 3.54. The van der Waals surface area contributed by atoms with Crippen molar-refractivity contribution >= 4 is 5.91 Å². The predicted octanol–water partition coefficient (Wildman–Crippen LogP) is 2.78. The Morgan fingerprint density at radius 2 is 1.83 bits per heavy atom. The van der Waals surface area contributed by atoms with Crippen LogP contribution in [0.4, 0.5) is 0 Å². The Morgan fingerprint density at radius 3 is 2.57 bits per heavy atom. The molecule has 0 aliphatic heterocycles. The highest BCUT2D eigenvalue weighted by atomic mass is 16.1. The summed E-state index contributed by atoms with van der Waals surface area (Å²) in [6.45, 7) is 2.15. The molecule has 23 heavy (non-hydrogen) atoms. The quantitative estimate of drug-likeness (QED) is 0.805. The number of nitrogens with zero attached hydrogens (tertiary/aromatic N) is 3. The molecule has 3 aromatic rings. The second-order valence-electron chi connectivity index (χ2n) is 5.10. The van der Waals surface area contributed by atoms with Gasteiger partial charge in [0.25, 0.3) is 5.91 Å². The number of amides is 1. The molecule has 1 amide bonds. The monoisotopic (exact) mass is 304 g/mol. The van der Waals surface area contributed by atoms with Crippen LogP contribution in [0.5, 0.6) is 0 Å². The van der Waals surface area contributed by atoms with Gasteiger partial charge in [0.15, 0.2) is 0 Å². The molecule has 5 heteroatoms. The Kier molecular flexibility index (Phi) is 4.38. The summed E-state index contributed by atoms with van der Waals surface area (Å²) in [6, 6.07) is 17.0. The summed E-state index contributed by atoms with van der Waals surface area (Å²) in [5.74, 6) is -0.180. The third kappa shape index (κ3) is 3.58. The molecule has 2 aromatic heterocycles. The van der Waals surface area contributed by atoms with Gasteiger partial charge in [-0.15, -0.1) is 0 Å². The SMILES string of the molecule is Cc1nnc(-c2ccccc2)cc1C(=O)NCc1ccccn1. The molecule has 0 saturated heterocycles. The molecule has 0 saturated carbocycles. The molecule has 1 N–H and O–H groups in total. The van der Waals surface area contributed by atoms with Crippen molar-refractivity contribution in [2.24, 2.45) is 0 Å². The van der Waals surface area contributed by atoms with E-state index in [-0.39, 0.29) is 5.91 Å². The molecule has 5 nitrogen and oxygen atoms in total. The highest BCUT2D eigenvalue weighted by Crippen LogP contribution is 2.18. The normalized spacial score (nSPS) is 10.3. The molecule has 1 aromatic carbocycles. The zero-order valence-corrected chi connectivity index (χ0v) is 12.7. The lowest BCUT2D eigenvalue weighted by molar-refractivity contribution is 0.0949. The number of hydrogen-bond donors (Lipinski definition) is 1. The summed E-state index contributed by atoms with van der Waals surface area (Å²) in [7, 11) is 0. The summed E-state index contributed by atoms with van der Waals surface area (Å²) >= 11 is 0. The third-order valence-electron chi connectivity index (χ3n) is 3.45. The topological polar surface area (TPSA) is 67.8 Å². The lowest BCUT2D eigenvalue weighted by Crippen LogP contribution is -2.24. The van der Waals surface area contributed by atoms with E-state index in [0.717, 1.165) is 11.3 Å². The van der Waals surface area contributed by atoms with Crippen molar-refractivity contribution in [2.75, 3.05) is 0 Å².